The van der Waals surface area contributed by atoms with Crippen molar-refractivity contribution in [3.63, 3.8) is 0 Å². The van der Waals surface area contributed by atoms with E-state index in [1.165, 1.54) is 212 Å². The van der Waals surface area contributed by atoms with E-state index in [1.54, 1.807) is 0 Å². The highest BCUT2D eigenvalue weighted by atomic mass is 31.2. The van der Waals surface area contributed by atoms with Crippen LogP contribution in [0.4, 0.5) is 0 Å². The van der Waals surface area contributed by atoms with Crippen LogP contribution in [-0.2, 0) is 65.4 Å². The first-order valence-electron chi connectivity index (χ1n) is 40.1. The van der Waals surface area contributed by atoms with Crippen molar-refractivity contribution in [1.29, 1.82) is 0 Å². The van der Waals surface area contributed by atoms with Crippen LogP contribution in [0.3, 0.4) is 0 Å². The van der Waals surface area contributed by atoms with Crippen LogP contribution in [0.15, 0.2) is 0 Å². The SMILES string of the molecule is CCCCCCCCCCCCCCCCCCCCCCCC(=O)O[C@H](COC(=O)CCCCCCCCCCCCCCCCC)COP(=O)(O)OC[C@@H](O)COP(=O)(O)OC[C@@H](COC(=O)CCCCCCCCC(C)CC)OC(=O)CCCCCCCCC(C)CC. The van der Waals surface area contributed by atoms with Gasteiger partial charge in [-0.15, -0.1) is 0 Å². The second kappa shape index (κ2) is 68.8. The molecule has 3 N–H and O–H groups in total. The molecule has 0 heterocycles. The Morgan fingerprint density at radius 1 is 0.292 bits per heavy atom. The normalized spacial score (nSPS) is 14.6. The highest BCUT2D eigenvalue weighted by molar-refractivity contribution is 7.47. The molecule has 570 valence electrons. The lowest BCUT2D eigenvalue weighted by molar-refractivity contribution is -0.161. The Bertz CT molecular complexity index is 1860. The van der Waals surface area contributed by atoms with E-state index in [9.17, 15) is 43.2 Å². The minimum absolute atomic E-state index is 0.102. The molecule has 0 saturated carbocycles. The maximum atomic E-state index is 13.1. The monoisotopic (exact) mass is 1410 g/mol. The molecule has 96 heavy (non-hydrogen) atoms. The molecule has 0 aromatic rings. The van der Waals surface area contributed by atoms with Crippen LogP contribution < -0.4 is 0 Å². The molecule has 0 aliphatic heterocycles. The van der Waals surface area contributed by atoms with E-state index in [2.05, 4.69) is 41.5 Å². The Labute approximate surface area is 588 Å². The molecule has 0 radical (unpaired) electrons. The van der Waals surface area contributed by atoms with Gasteiger partial charge < -0.3 is 33.8 Å². The Morgan fingerprint density at radius 3 is 0.740 bits per heavy atom. The molecular weight excluding hydrogens is 1260 g/mol. The summed E-state index contributed by atoms with van der Waals surface area (Å²) < 4.78 is 68.5. The minimum atomic E-state index is -4.96. The van der Waals surface area contributed by atoms with Gasteiger partial charge in [0.1, 0.15) is 19.3 Å². The van der Waals surface area contributed by atoms with Crippen LogP contribution >= 0.6 is 15.6 Å². The molecule has 0 fully saturated rings. The molecule has 0 amide bonds. The van der Waals surface area contributed by atoms with Gasteiger partial charge in [-0.05, 0) is 37.5 Å². The van der Waals surface area contributed by atoms with Crippen molar-refractivity contribution in [1.82, 2.24) is 0 Å². The molecular formula is C77H150O17P2. The number of rotatable bonds is 76. The Balaban J connectivity index is 5.20. The first-order valence-corrected chi connectivity index (χ1v) is 43.1. The molecule has 0 aromatic heterocycles. The molecule has 4 unspecified atom stereocenters. The third kappa shape index (κ3) is 67.9. The smallest absolute Gasteiger partial charge is 0.462 e. The van der Waals surface area contributed by atoms with E-state index in [0.29, 0.717) is 25.7 Å². The van der Waals surface area contributed by atoms with Crippen LogP contribution in [-0.4, -0.2) is 96.7 Å². The molecule has 0 spiro atoms. The predicted molar refractivity (Wildman–Crippen MR) is 391 cm³/mol. The summed E-state index contributed by atoms with van der Waals surface area (Å²) in [6.07, 6.45) is 57.1. The second-order valence-electron chi connectivity index (χ2n) is 28.2. The second-order valence-corrected chi connectivity index (χ2v) is 31.1. The van der Waals surface area contributed by atoms with Gasteiger partial charge in [0, 0.05) is 25.7 Å². The lowest BCUT2D eigenvalue weighted by Gasteiger charge is -2.21. The van der Waals surface area contributed by atoms with Gasteiger partial charge >= 0.3 is 39.5 Å². The Hall–Kier alpha value is -1.94. The maximum absolute atomic E-state index is 13.1. The molecule has 19 heteroatoms. The van der Waals surface area contributed by atoms with Gasteiger partial charge in [-0.25, -0.2) is 9.13 Å². The standard InChI is InChI=1S/C77H150O17P2/c1-7-11-13-15-17-19-21-23-25-26-27-28-29-30-32-34-36-38-40-49-55-61-76(81)93-72(65-87-74(79)59-53-47-39-37-35-33-31-24-22-20-18-16-14-12-8-2)67-91-95(83,84)89-63-71(78)64-90-96(85,86)92-68-73(94-77(82)62-56-50-44-42-46-52-58-70(6)10-4)66-88-75(80)60-54-48-43-41-45-51-57-69(5)9-3/h69-73,78H,7-68H2,1-6H3,(H,83,84)(H,85,86)/t69?,70?,71-,72-,73-/m1/s1. The van der Waals surface area contributed by atoms with Gasteiger partial charge in [-0.1, -0.05) is 350 Å². The van der Waals surface area contributed by atoms with Crippen molar-refractivity contribution in [3.05, 3.63) is 0 Å². The van der Waals surface area contributed by atoms with E-state index in [4.69, 9.17) is 37.0 Å². The van der Waals surface area contributed by atoms with Crippen molar-refractivity contribution in [2.75, 3.05) is 39.6 Å². The Kier molecular flexibility index (Phi) is 67.4. The number of aliphatic hydroxyl groups excluding tert-OH is 1. The number of phosphoric ester groups is 2. The van der Waals surface area contributed by atoms with Crippen LogP contribution in [0.25, 0.3) is 0 Å². The van der Waals surface area contributed by atoms with E-state index >= 15 is 0 Å². The number of hydrogen-bond acceptors (Lipinski definition) is 15. The number of carbonyl (C=O) groups is 4. The minimum Gasteiger partial charge on any atom is -0.462 e. The average molecular weight is 1410 g/mol. The summed E-state index contributed by atoms with van der Waals surface area (Å²) in [4.78, 5) is 72.8. The third-order valence-electron chi connectivity index (χ3n) is 18.7. The van der Waals surface area contributed by atoms with Crippen molar-refractivity contribution in [3.8, 4) is 0 Å². The largest absolute Gasteiger partial charge is 0.472 e. The van der Waals surface area contributed by atoms with Gasteiger partial charge in [-0.3, -0.25) is 37.3 Å². The molecule has 7 atom stereocenters. The van der Waals surface area contributed by atoms with Crippen LogP contribution in [0.2, 0.25) is 0 Å². The van der Waals surface area contributed by atoms with Crippen molar-refractivity contribution in [2.45, 2.75) is 419 Å². The summed E-state index contributed by atoms with van der Waals surface area (Å²) in [5, 5.41) is 10.6. The van der Waals surface area contributed by atoms with Gasteiger partial charge in [0.2, 0.25) is 0 Å². The molecule has 0 aliphatic rings. The fourth-order valence-corrected chi connectivity index (χ4v) is 13.3. The molecule has 0 aromatic carbocycles. The number of hydrogen-bond donors (Lipinski definition) is 3. The predicted octanol–water partition coefficient (Wildman–Crippen LogP) is 22.7. The first kappa shape index (κ1) is 94.1. The zero-order valence-corrected chi connectivity index (χ0v) is 64.5. The van der Waals surface area contributed by atoms with Crippen molar-refractivity contribution >= 4 is 39.5 Å². The van der Waals surface area contributed by atoms with Crippen molar-refractivity contribution < 1.29 is 80.2 Å². The zero-order chi connectivity index (χ0) is 70.7. The average Bonchev–Trinajstić information content (AvgIpc) is 1.62. The Morgan fingerprint density at radius 2 is 0.500 bits per heavy atom. The number of carbonyl (C=O) groups excluding carboxylic acids is 4. The first-order chi connectivity index (χ1) is 46.4. The fourth-order valence-electron chi connectivity index (χ4n) is 11.8. The van der Waals surface area contributed by atoms with E-state index in [0.717, 1.165) is 108 Å². The molecule has 0 rings (SSSR count). The topological polar surface area (TPSA) is 237 Å². The highest BCUT2D eigenvalue weighted by Crippen LogP contribution is 2.45. The number of phosphoric acid groups is 2. The van der Waals surface area contributed by atoms with Gasteiger partial charge in [0.05, 0.1) is 26.4 Å². The van der Waals surface area contributed by atoms with E-state index in [1.807, 2.05) is 0 Å². The number of ether oxygens (including phenoxy) is 4. The van der Waals surface area contributed by atoms with E-state index < -0.39 is 97.5 Å². The van der Waals surface area contributed by atoms with Gasteiger partial charge in [0.25, 0.3) is 0 Å². The number of unbranched alkanes of at least 4 members (excludes halogenated alkanes) is 44. The quantitative estimate of drug-likeness (QED) is 0.0222. The molecule has 17 nitrogen and oxygen atoms in total. The maximum Gasteiger partial charge on any atom is 0.472 e. The summed E-state index contributed by atoms with van der Waals surface area (Å²) in [5.41, 5.74) is 0. The lowest BCUT2D eigenvalue weighted by Crippen LogP contribution is -2.30. The van der Waals surface area contributed by atoms with Crippen LogP contribution in [0.1, 0.15) is 401 Å². The number of aliphatic hydroxyl groups is 1. The number of esters is 4. The third-order valence-corrected chi connectivity index (χ3v) is 20.6. The fraction of sp³-hybridized carbons (Fsp3) is 0.948. The summed E-state index contributed by atoms with van der Waals surface area (Å²) >= 11 is 0. The zero-order valence-electron chi connectivity index (χ0n) is 62.7. The van der Waals surface area contributed by atoms with Gasteiger partial charge in [-0.2, -0.15) is 0 Å². The van der Waals surface area contributed by atoms with E-state index in [-0.39, 0.29) is 25.7 Å². The summed E-state index contributed by atoms with van der Waals surface area (Å²) in [6.45, 7) is 9.51. The molecule has 0 saturated heterocycles. The van der Waals surface area contributed by atoms with Crippen LogP contribution in [0.5, 0.6) is 0 Å². The highest BCUT2D eigenvalue weighted by Gasteiger charge is 2.30. The van der Waals surface area contributed by atoms with Crippen molar-refractivity contribution in [2.24, 2.45) is 11.8 Å². The molecule has 0 aliphatic carbocycles. The molecule has 0 bridgehead atoms. The van der Waals surface area contributed by atoms with Gasteiger partial charge in [0.15, 0.2) is 12.2 Å². The van der Waals surface area contributed by atoms with Crippen LogP contribution in [0, 0.1) is 11.8 Å². The summed E-state index contributed by atoms with van der Waals surface area (Å²) in [5.74, 6) is -0.669. The summed E-state index contributed by atoms with van der Waals surface area (Å²) in [7, 11) is -9.91. The summed E-state index contributed by atoms with van der Waals surface area (Å²) in [6, 6.07) is 0. The lowest BCUT2D eigenvalue weighted by atomic mass is 10.00.